The number of nitrogens with one attached hydrogen (secondary N) is 1. The molecule has 0 saturated heterocycles. The molecule has 0 radical (unpaired) electrons. The Morgan fingerprint density at radius 2 is 2.19 bits per heavy atom. The van der Waals surface area contributed by atoms with Crippen molar-refractivity contribution in [1.29, 1.82) is 0 Å². The van der Waals surface area contributed by atoms with Gasteiger partial charge in [-0.15, -0.1) is 5.10 Å². The normalized spacial score (nSPS) is 14.4. The van der Waals surface area contributed by atoms with Gasteiger partial charge in [-0.2, -0.15) is 0 Å². The number of nitrogens with zero attached hydrogens (tertiary/aromatic N) is 6. The molecule has 21 heavy (non-hydrogen) atoms. The number of anilines is 1. The summed E-state index contributed by atoms with van der Waals surface area (Å²) in [5.74, 6) is 0.919. The Hall–Kier alpha value is -1.70. The highest BCUT2D eigenvalue weighted by atomic mass is 32.2. The van der Waals surface area contributed by atoms with E-state index >= 15 is 0 Å². The average molecular weight is 305 g/mol. The van der Waals surface area contributed by atoms with Gasteiger partial charge in [0.05, 0.1) is 6.04 Å². The van der Waals surface area contributed by atoms with Crippen molar-refractivity contribution in [2.75, 3.05) is 11.9 Å². The van der Waals surface area contributed by atoms with Gasteiger partial charge in [-0.05, 0) is 47.9 Å². The van der Waals surface area contributed by atoms with Crippen LogP contribution in [0.15, 0.2) is 16.5 Å². The SMILES string of the molecule is CCCNc1ncnc(Sc2nnnn2C2CC2)c1CC. The average Bonchev–Trinajstić information content (AvgIpc) is 3.25. The van der Waals surface area contributed by atoms with Crippen LogP contribution in [0.25, 0.3) is 0 Å². The summed E-state index contributed by atoms with van der Waals surface area (Å²) in [4.78, 5) is 8.77. The molecule has 112 valence electrons. The summed E-state index contributed by atoms with van der Waals surface area (Å²) in [5.41, 5.74) is 1.13. The Labute approximate surface area is 127 Å². The molecule has 0 amide bonds. The summed E-state index contributed by atoms with van der Waals surface area (Å²) in [6.45, 7) is 5.16. The number of rotatable bonds is 7. The van der Waals surface area contributed by atoms with Gasteiger partial charge < -0.3 is 5.32 Å². The van der Waals surface area contributed by atoms with Crippen LogP contribution in [0.4, 0.5) is 5.82 Å². The van der Waals surface area contributed by atoms with Gasteiger partial charge in [0, 0.05) is 12.1 Å². The standard InChI is InChI=1S/C13H19N7S/c1-3-7-14-11-10(4-2)12(16-8-15-11)21-13-17-18-19-20(13)9-5-6-9/h8-9H,3-7H2,1-2H3,(H,14,15,16). The van der Waals surface area contributed by atoms with Crippen LogP contribution in [0.1, 0.15) is 44.7 Å². The van der Waals surface area contributed by atoms with Crippen molar-refractivity contribution in [3.63, 3.8) is 0 Å². The van der Waals surface area contributed by atoms with E-state index in [4.69, 9.17) is 0 Å². The summed E-state index contributed by atoms with van der Waals surface area (Å²) in [6, 6.07) is 0.465. The van der Waals surface area contributed by atoms with E-state index in [0.29, 0.717) is 6.04 Å². The predicted octanol–water partition coefficient (Wildman–Crippen LogP) is 2.33. The minimum atomic E-state index is 0.465. The van der Waals surface area contributed by atoms with Crippen molar-refractivity contribution < 1.29 is 0 Å². The van der Waals surface area contributed by atoms with E-state index in [2.05, 4.69) is 44.7 Å². The van der Waals surface area contributed by atoms with Crippen LogP contribution < -0.4 is 5.32 Å². The first-order valence-electron chi connectivity index (χ1n) is 7.37. The fourth-order valence-electron chi connectivity index (χ4n) is 2.09. The largest absolute Gasteiger partial charge is 0.370 e. The van der Waals surface area contributed by atoms with Gasteiger partial charge in [0.2, 0.25) is 5.16 Å². The highest BCUT2D eigenvalue weighted by Crippen LogP contribution is 2.38. The third kappa shape index (κ3) is 3.15. The zero-order valence-electron chi connectivity index (χ0n) is 12.3. The van der Waals surface area contributed by atoms with Crippen LogP contribution in [0.5, 0.6) is 0 Å². The summed E-state index contributed by atoms with van der Waals surface area (Å²) in [6.07, 6.45) is 5.86. The van der Waals surface area contributed by atoms with Gasteiger partial charge in [-0.1, -0.05) is 13.8 Å². The molecule has 0 bridgehead atoms. The van der Waals surface area contributed by atoms with E-state index in [1.165, 1.54) is 11.8 Å². The van der Waals surface area contributed by atoms with Gasteiger partial charge >= 0.3 is 0 Å². The third-order valence-corrected chi connectivity index (χ3v) is 4.34. The van der Waals surface area contributed by atoms with E-state index in [1.54, 1.807) is 6.33 Å². The molecule has 0 spiro atoms. The zero-order valence-corrected chi connectivity index (χ0v) is 13.1. The zero-order chi connectivity index (χ0) is 14.7. The minimum Gasteiger partial charge on any atom is -0.370 e. The fraction of sp³-hybridized carbons (Fsp3) is 0.615. The Morgan fingerprint density at radius 3 is 2.90 bits per heavy atom. The number of aromatic nitrogens is 6. The third-order valence-electron chi connectivity index (χ3n) is 3.35. The van der Waals surface area contributed by atoms with Crippen LogP contribution in [0, 0.1) is 0 Å². The van der Waals surface area contributed by atoms with Crippen LogP contribution in [0.3, 0.4) is 0 Å². The molecule has 0 unspecified atom stereocenters. The Morgan fingerprint density at radius 1 is 1.33 bits per heavy atom. The highest BCUT2D eigenvalue weighted by molar-refractivity contribution is 7.99. The summed E-state index contributed by atoms with van der Waals surface area (Å²) in [5, 5.41) is 17.1. The number of hydrogen-bond donors (Lipinski definition) is 1. The molecule has 1 saturated carbocycles. The smallest absolute Gasteiger partial charge is 0.215 e. The summed E-state index contributed by atoms with van der Waals surface area (Å²) < 4.78 is 1.91. The van der Waals surface area contributed by atoms with Crippen molar-refractivity contribution in [1.82, 2.24) is 30.2 Å². The van der Waals surface area contributed by atoms with Gasteiger partial charge in [0.25, 0.3) is 0 Å². The number of hydrogen-bond acceptors (Lipinski definition) is 7. The van der Waals surface area contributed by atoms with Gasteiger partial charge in [0.15, 0.2) is 0 Å². The molecular formula is C13H19N7S. The van der Waals surface area contributed by atoms with E-state index in [9.17, 15) is 0 Å². The lowest BCUT2D eigenvalue weighted by atomic mass is 10.2. The molecule has 0 atom stereocenters. The molecular weight excluding hydrogens is 286 g/mol. The molecule has 1 aliphatic carbocycles. The van der Waals surface area contributed by atoms with Crippen LogP contribution >= 0.6 is 11.8 Å². The van der Waals surface area contributed by atoms with Crippen LogP contribution in [-0.4, -0.2) is 36.7 Å². The van der Waals surface area contributed by atoms with E-state index in [1.807, 2.05) is 4.68 Å². The molecule has 2 heterocycles. The second-order valence-corrected chi connectivity index (χ2v) is 5.98. The maximum absolute atomic E-state index is 4.42. The molecule has 1 aliphatic rings. The van der Waals surface area contributed by atoms with Crippen LogP contribution in [0.2, 0.25) is 0 Å². The maximum atomic E-state index is 4.42. The second kappa shape index (κ2) is 6.38. The van der Waals surface area contributed by atoms with Crippen molar-refractivity contribution >= 4 is 17.6 Å². The van der Waals surface area contributed by atoms with Crippen molar-refractivity contribution in [2.24, 2.45) is 0 Å². The van der Waals surface area contributed by atoms with Gasteiger partial charge in [-0.25, -0.2) is 14.6 Å². The van der Waals surface area contributed by atoms with Gasteiger partial charge in [0.1, 0.15) is 17.2 Å². The maximum Gasteiger partial charge on any atom is 0.215 e. The quantitative estimate of drug-likeness (QED) is 0.786. The van der Waals surface area contributed by atoms with E-state index in [-0.39, 0.29) is 0 Å². The van der Waals surface area contributed by atoms with E-state index < -0.39 is 0 Å². The fourth-order valence-corrected chi connectivity index (χ4v) is 3.08. The molecule has 2 aromatic rings. The summed E-state index contributed by atoms with van der Waals surface area (Å²) >= 11 is 1.52. The molecule has 1 fully saturated rings. The van der Waals surface area contributed by atoms with Gasteiger partial charge in [-0.3, -0.25) is 0 Å². The molecule has 0 aromatic carbocycles. The summed E-state index contributed by atoms with van der Waals surface area (Å²) in [7, 11) is 0. The predicted molar refractivity (Wildman–Crippen MR) is 80.4 cm³/mol. The molecule has 0 aliphatic heterocycles. The molecule has 3 rings (SSSR count). The highest BCUT2D eigenvalue weighted by Gasteiger charge is 2.28. The first-order valence-corrected chi connectivity index (χ1v) is 8.18. The molecule has 7 nitrogen and oxygen atoms in total. The second-order valence-electron chi connectivity index (χ2n) is 5.03. The van der Waals surface area contributed by atoms with Crippen LogP contribution in [-0.2, 0) is 6.42 Å². The molecule has 2 aromatic heterocycles. The first-order chi connectivity index (χ1) is 10.3. The monoisotopic (exact) mass is 305 g/mol. The van der Waals surface area contributed by atoms with E-state index in [0.717, 1.165) is 53.8 Å². The van der Waals surface area contributed by atoms with Crippen molar-refractivity contribution in [3.8, 4) is 0 Å². The lowest BCUT2D eigenvalue weighted by Gasteiger charge is -2.12. The first kappa shape index (κ1) is 14.2. The molecule has 1 N–H and O–H groups in total. The minimum absolute atomic E-state index is 0.465. The Balaban J connectivity index is 1.85. The van der Waals surface area contributed by atoms with Crippen molar-refractivity contribution in [3.05, 3.63) is 11.9 Å². The lowest BCUT2D eigenvalue weighted by Crippen LogP contribution is -2.07. The Kier molecular flexibility index (Phi) is 4.33. The Bertz CT molecular complexity index is 608. The van der Waals surface area contributed by atoms with Crippen molar-refractivity contribution in [2.45, 2.75) is 55.8 Å². The molecule has 8 heteroatoms. The lowest BCUT2D eigenvalue weighted by molar-refractivity contribution is 0.565. The number of tetrazole rings is 1. The topological polar surface area (TPSA) is 81.4 Å².